The molecule has 0 spiro atoms. The largest absolute Gasteiger partial charge is 0.493 e. The Kier molecular flexibility index (Phi) is 4.25. The van der Waals surface area contributed by atoms with E-state index >= 15 is 0 Å². The lowest BCUT2D eigenvalue weighted by atomic mass is 10.3. The molecular weight excluding hydrogens is 280 g/mol. The molecule has 0 amide bonds. The van der Waals surface area contributed by atoms with Gasteiger partial charge in [-0.05, 0) is 30.3 Å². The first-order valence-corrected chi connectivity index (χ1v) is 6.91. The fourth-order valence-corrected chi connectivity index (χ4v) is 1.93. The molecule has 1 aromatic heterocycles. The second-order valence-electron chi connectivity index (χ2n) is 4.59. The Hall–Kier alpha value is -2.95. The summed E-state index contributed by atoms with van der Waals surface area (Å²) in [5.41, 5.74) is 0.924. The molecule has 1 aromatic carbocycles. The maximum atomic E-state index is 11.7. The number of esters is 1. The minimum Gasteiger partial charge on any atom is -0.493 e. The summed E-state index contributed by atoms with van der Waals surface area (Å²) in [4.78, 5) is 20.1. The molecule has 110 valence electrons. The Morgan fingerprint density at radius 3 is 2.68 bits per heavy atom. The monoisotopic (exact) mass is 294 g/mol. The number of carbonyl (C=O) groups excluding carboxylic acids is 1. The number of aromatic nitrogens is 1. The number of ether oxygens (including phenoxy) is 2. The Morgan fingerprint density at radius 2 is 1.91 bits per heavy atom. The number of benzene rings is 1. The van der Waals surface area contributed by atoms with E-state index < -0.39 is 5.97 Å². The van der Waals surface area contributed by atoms with Crippen molar-refractivity contribution in [1.82, 2.24) is 4.98 Å². The number of hydrogen-bond acceptors (Lipinski definition) is 5. The summed E-state index contributed by atoms with van der Waals surface area (Å²) >= 11 is 0. The molecule has 0 unspecified atom stereocenters. The highest BCUT2D eigenvalue weighted by Gasteiger charge is 2.22. The van der Waals surface area contributed by atoms with E-state index in [0.29, 0.717) is 24.6 Å². The van der Waals surface area contributed by atoms with Crippen LogP contribution in [0.5, 0.6) is 5.75 Å². The van der Waals surface area contributed by atoms with E-state index in [2.05, 4.69) is 9.98 Å². The summed E-state index contributed by atoms with van der Waals surface area (Å²) in [6, 6.07) is 14.9. The molecule has 0 aliphatic carbocycles. The van der Waals surface area contributed by atoms with Crippen molar-refractivity contribution in [3.63, 3.8) is 0 Å². The van der Waals surface area contributed by atoms with Gasteiger partial charge in [0, 0.05) is 6.20 Å². The van der Waals surface area contributed by atoms with Gasteiger partial charge in [0.25, 0.3) is 0 Å². The number of carbonyl (C=O) groups is 1. The number of hydrogen-bond donors (Lipinski definition) is 0. The molecule has 1 aliphatic rings. The number of pyridine rings is 1. The van der Waals surface area contributed by atoms with Gasteiger partial charge in [0.05, 0.1) is 18.7 Å². The third-order valence-electron chi connectivity index (χ3n) is 2.97. The molecule has 2 heterocycles. The van der Waals surface area contributed by atoms with Gasteiger partial charge in [-0.1, -0.05) is 24.3 Å². The van der Waals surface area contributed by atoms with Crippen molar-refractivity contribution in [2.45, 2.75) is 6.42 Å². The molecule has 0 bridgehead atoms. The molecule has 0 saturated carbocycles. The molecule has 0 fully saturated rings. The number of nitrogens with zero attached hydrogens (tertiary/aromatic N) is 2. The standard InChI is InChI=1S/C17H14N2O3/c20-17-15(12-13-6-4-5-10-18-13)19-16(22-17)9-11-21-14-7-2-1-3-8-14/h1-8,10,12H,9,11H2/b15-12+. The Morgan fingerprint density at radius 1 is 1.09 bits per heavy atom. The van der Waals surface area contributed by atoms with E-state index in [9.17, 15) is 4.79 Å². The zero-order valence-electron chi connectivity index (χ0n) is 11.8. The summed E-state index contributed by atoms with van der Waals surface area (Å²) in [6.07, 6.45) is 3.69. The van der Waals surface area contributed by atoms with Crippen LogP contribution in [0.4, 0.5) is 0 Å². The molecule has 2 aromatic rings. The van der Waals surface area contributed by atoms with Crippen LogP contribution in [-0.2, 0) is 9.53 Å². The van der Waals surface area contributed by atoms with E-state index in [-0.39, 0.29) is 5.70 Å². The Labute approximate surface area is 127 Å². The van der Waals surface area contributed by atoms with Crippen molar-refractivity contribution in [3.8, 4) is 5.75 Å². The molecule has 3 rings (SSSR count). The Bertz CT molecular complexity index is 709. The molecule has 5 nitrogen and oxygen atoms in total. The predicted octanol–water partition coefficient (Wildman–Crippen LogP) is 2.85. The van der Waals surface area contributed by atoms with E-state index in [1.54, 1.807) is 18.3 Å². The first kappa shape index (κ1) is 14.0. The second-order valence-corrected chi connectivity index (χ2v) is 4.59. The van der Waals surface area contributed by atoms with Crippen LogP contribution in [0.15, 0.2) is 65.4 Å². The highest BCUT2D eigenvalue weighted by molar-refractivity contribution is 6.07. The lowest BCUT2D eigenvalue weighted by Crippen LogP contribution is -2.08. The minimum absolute atomic E-state index is 0.258. The lowest BCUT2D eigenvalue weighted by molar-refractivity contribution is -0.130. The van der Waals surface area contributed by atoms with E-state index in [0.717, 1.165) is 5.75 Å². The van der Waals surface area contributed by atoms with Crippen LogP contribution < -0.4 is 4.74 Å². The average Bonchev–Trinajstić information content (AvgIpc) is 2.89. The Balaban J connectivity index is 1.60. The molecule has 0 saturated heterocycles. The summed E-state index contributed by atoms with van der Waals surface area (Å²) < 4.78 is 10.7. The molecule has 5 heteroatoms. The minimum atomic E-state index is -0.458. The quantitative estimate of drug-likeness (QED) is 0.628. The third kappa shape index (κ3) is 3.58. The van der Waals surface area contributed by atoms with Gasteiger partial charge < -0.3 is 9.47 Å². The molecular formula is C17H14N2O3. The summed E-state index contributed by atoms with van der Waals surface area (Å²) in [5.74, 6) is 0.681. The van der Waals surface area contributed by atoms with Crippen LogP contribution in [0.3, 0.4) is 0 Å². The van der Waals surface area contributed by atoms with Gasteiger partial charge in [-0.25, -0.2) is 9.79 Å². The first-order valence-electron chi connectivity index (χ1n) is 6.91. The third-order valence-corrected chi connectivity index (χ3v) is 2.97. The highest BCUT2D eigenvalue weighted by Crippen LogP contribution is 2.16. The first-order chi connectivity index (χ1) is 10.8. The topological polar surface area (TPSA) is 60.8 Å². The van der Waals surface area contributed by atoms with E-state index in [4.69, 9.17) is 9.47 Å². The number of cyclic esters (lactones) is 1. The van der Waals surface area contributed by atoms with Crippen LogP contribution in [0.1, 0.15) is 12.1 Å². The van der Waals surface area contributed by atoms with Gasteiger partial charge in [-0.2, -0.15) is 0 Å². The van der Waals surface area contributed by atoms with Gasteiger partial charge in [-0.3, -0.25) is 4.98 Å². The molecule has 0 radical (unpaired) electrons. The van der Waals surface area contributed by atoms with Gasteiger partial charge in [0.2, 0.25) is 5.90 Å². The number of para-hydroxylation sites is 1. The average molecular weight is 294 g/mol. The fourth-order valence-electron chi connectivity index (χ4n) is 1.93. The maximum absolute atomic E-state index is 11.7. The van der Waals surface area contributed by atoms with Crippen molar-refractivity contribution < 1.29 is 14.3 Å². The fraction of sp³-hybridized carbons (Fsp3) is 0.118. The SMILES string of the molecule is O=C1OC(CCOc2ccccc2)=N/C1=C/c1ccccn1. The smallest absolute Gasteiger partial charge is 0.363 e. The number of rotatable bonds is 5. The van der Waals surface area contributed by atoms with Crippen LogP contribution >= 0.6 is 0 Å². The van der Waals surface area contributed by atoms with Crippen LogP contribution in [0.25, 0.3) is 6.08 Å². The second kappa shape index (κ2) is 6.67. The maximum Gasteiger partial charge on any atom is 0.363 e. The van der Waals surface area contributed by atoms with Crippen molar-refractivity contribution in [2.24, 2.45) is 4.99 Å². The molecule has 22 heavy (non-hydrogen) atoms. The van der Waals surface area contributed by atoms with Gasteiger partial charge in [0.15, 0.2) is 5.70 Å². The molecule has 0 N–H and O–H groups in total. The van der Waals surface area contributed by atoms with Crippen LogP contribution in [0, 0.1) is 0 Å². The summed E-state index contributed by atoms with van der Waals surface area (Å²) in [5, 5.41) is 0. The van der Waals surface area contributed by atoms with Crippen molar-refractivity contribution in [3.05, 3.63) is 66.1 Å². The number of aliphatic imine (C=N–C) groups is 1. The zero-order valence-corrected chi connectivity index (χ0v) is 11.8. The van der Waals surface area contributed by atoms with Crippen molar-refractivity contribution in [1.29, 1.82) is 0 Å². The van der Waals surface area contributed by atoms with Gasteiger partial charge in [0.1, 0.15) is 5.75 Å². The van der Waals surface area contributed by atoms with Crippen molar-refractivity contribution in [2.75, 3.05) is 6.61 Å². The normalized spacial score (nSPS) is 15.5. The molecule has 1 aliphatic heterocycles. The molecule has 0 atom stereocenters. The van der Waals surface area contributed by atoms with Gasteiger partial charge >= 0.3 is 5.97 Å². The summed E-state index contributed by atoms with van der Waals surface area (Å²) in [7, 11) is 0. The van der Waals surface area contributed by atoms with E-state index in [1.165, 1.54) is 0 Å². The predicted molar refractivity (Wildman–Crippen MR) is 82.3 cm³/mol. The van der Waals surface area contributed by atoms with E-state index in [1.807, 2.05) is 42.5 Å². The zero-order chi connectivity index (χ0) is 15.2. The highest BCUT2D eigenvalue weighted by atomic mass is 16.6. The lowest BCUT2D eigenvalue weighted by Gasteiger charge is -2.04. The summed E-state index contributed by atoms with van der Waals surface area (Å²) in [6.45, 7) is 0.396. The van der Waals surface area contributed by atoms with Crippen LogP contribution in [-0.4, -0.2) is 23.5 Å². The van der Waals surface area contributed by atoms with Crippen molar-refractivity contribution >= 4 is 17.9 Å². The van der Waals surface area contributed by atoms with Gasteiger partial charge in [-0.15, -0.1) is 0 Å². The van der Waals surface area contributed by atoms with Crippen LogP contribution in [0.2, 0.25) is 0 Å².